The lowest BCUT2D eigenvalue weighted by Gasteiger charge is -2.34. The second-order valence-corrected chi connectivity index (χ2v) is 8.74. The highest BCUT2D eigenvalue weighted by Crippen LogP contribution is 2.19. The lowest BCUT2D eigenvalue weighted by atomic mass is 10.1. The van der Waals surface area contributed by atoms with E-state index in [2.05, 4.69) is 41.2 Å². The molecule has 0 unspecified atom stereocenters. The Morgan fingerprint density at radius 2 is 1.67 bits per heavy atom. The van der Waals surface area contributed by atoms with E-state index in [1.807, 2.05) is 49.4 Å². The molecular formula is C27H32N4O2. The van der Waals surface area contributed by atoms with Crippen molar-refractivity contribution >= 4 is 17.3 Å². The zero-order valence-corrected chi connectivity index (χ0v) is 19.7. The summed E-state index contributed by atoms with van der Waals surface area (Å²) in [5.74, 6) is -0.385. The molecular weight excluding hydrogens is 412 g/mol. The third-order valence-electron chi connectivity index (χ3n) is 6.38. The minimum Gasteiger partial charge on any atom is -0.369 e. The number of nitrogens with one attached hydrogen (secondary N) is 1. The number of benzene rings is 2. The summed E-state index contributed by atoms with van der Waals surface area (Å²) in [5.41, 5.74) is 4.81. The molecule has 172 valence electrons. The van der Waals surface area contributed by atoms with Crippen LogP contribution in [0.2, 0.25) is 0 Å². The van der Waals surface area contributed by atoms with Gasteiger partial charge in [0.05, 0.1) is 6.54 Å². The number of carbonyl (C=O) groups is 1. The SMILES string of the molecule is CCc1ccc(NC(=O)c2ccc(C)n(Cc3cccc(N4CCN(C)CC4)c3)c2=O)cc1. The molecule has 1 aliphatic rings. The van der Waals surface area contributed by atoms with Crippen LogP contribution in [0.15, 0.2) is 65.5 Å². The van der Waals surface area contributed by atoms with Crippen LogP contribution < -0.4 is 15.8 Å². The molecule has 2 heterocycles. The first kappa shape index (κ1) is 22.8. The zero-order valence-electron chi connectivity index (χ0n) is 19.7. The van der Waals surface area contributed by atoms with Gasteiger partial charge in [-0.05, 0) is 67.9 Å². The van der Waals surface area contributed by atoms with E-state index >= 15 is 0 Å². The Labute approximate surface area is 195 Å². The number of hydrogen-bond donors (Lipinski definition) is 1. The number of aryl methyl sites for hydroxylation is 2. The third kappa shape index (κ3) is 5.34. The topological polar surface area (TPSA) is 57.6 Å². The van der Waals surface area contributed by atoms with Crippen LogP contribution in [-0.2, 0) is 13.0 Å². The van der Waals surface area contributed by atoms with Crippen molar-refractivity contribution < 1.29 is 4.79 Å². The fourth-order valence-corrected chi connectivity index (χ4v) is 4.16. The molecule has 33 heavy (non-hydrogen) atoms. The molecule has 0 spiro atoms. The second kappa shape index (κ2) is 10.0. The highest BCUT2D eigenvalue weighted by Gasteiger charge is 2.17. The van der Waals surface area contributed by atoms with Gasteiger partial charge in [-0.25, -0.2) is 0 Å². The van der Waals surface area contributed by atoms with Crippen LogP contribution in [0, 0.1) is 6.92 Å². The number of pyridine rings is 1. The highest BCUT2D eigenvalue weighted by molar-refractivity contribution is 6.04. The van der Waals surface area contributed by atoms with E-state index in [1.54, 1.807) is 10.6 Å². The molecule has 1 N–H and O–H groups in total. The van der Waals surface area contributed by atoms with Crippen molar-refractivity contribution in [3.63, 3.8) is 0 Å². The van der Waals surface area contributed by atoms with Crippen LogP contribution in [0.5, 0.6) is 0 Å². The molecule has 3 aromatic rings. The van der Waals surface area contributed by atoms with Crippen LogP contribution in [0.4, 0.5) is 11.4 Å². The predicted octanol–water partition coefficient (Wildman–Crippen LogP) is 3.77. The Balaban J connectivity index is 1.54. The van der Waals surface area contributed by atoms with Crippen molar-refractivity contribution in [3.05, 3.63) is 93.4 Å². The Morgan fingerprint density at radius 3 is 2.36 bits per heavy atom. The number of aromatic nitrogens is 1. The number of amides is 1. The van der Waals surface area contributed by atoms with E-state index < -0.39 is 0 Å². The molecule has 0 saturated carbocycles. The first-order valence-corrected chi connectivity index (χ1v) is 11.6. The van der Waals surface area contributed by atoms with Crippen LogP contribution in [0.25, 0.3) is 0 Å². The van der Waals surface area contributed by atoms with E-state index in [1.165, 1.54) is 11.3 Å². The van der Waals surface area contributed by atoms with Gasteiger partial charge in [0.1, 0.15) is 5.56 Å². The minimum absolute atomic E-state index is 0.149. The van der Waals surface area contributed by atoms with E-state index in [-0.39, 0.29) is 17.0 Å². The Hall–Kier alpha value is -3.38. The summed E-state index contributed by atoms with van der Waals surface area (Å²) < 4.78 is 1.68. The highest BCUT2D eigenvalue weighted by atomic mass is 16.2. The van der Waals surface area contributed by atoms with Crippen molar-refractivity contribution in [1.82, 2.24) is 9.47 Å². The summed E-state index contributed by atoms with van der Waals surface area (Å²) in [6, 6.07) is 19.5. The molecule has 6 heteroatoms. The van der Waals surface area contributed by atoms with Crippen molar-refractivity contribution in [2.75, 3.05) is 43.4 Å². The molecule has 0 bridgehead atoms. The molecule has 1 saturated heterocycles. The summed E-state index contributed by atoms with van der Waals surface area (Å²) in [7, 11) is 2.15. The van der Waals surface area contributed by atoms with Gasteiger partial charge in [-0.2, -0.15) is 0 Å². The Bertz CT molecular complexity index is 1180. The predicted molar refractivity (Wildman–Crippen MR) is 134 cm³/mol. The number of hydrogen-bond acceptors (Lipinski definition) is 4. The molecule has 6 nitrogen and oxygen atoms in total. The number of carbonyl (C=O) groups excluding carboxylic acids is 1. The molecule has 1 amide bonds. The van der Waals surface area contributed by atoms with Crippen LogP contribution in [0.3, 0.4) is 0 Å². The average molecular weight is 445 g/mol. The lowest BCUT2D eigenvalue weighted by molar-refractivity contribution is 0.102. The average Bonchev–Trinajstić information content (AvgIpc) is 2.83. The van der Waals surface area contributed by atoms with Crippen molar-refractivity contribution in [2.24, 2.45) is 0 Å². The first-order valence-electron chi connectivity index (χ1n) is 11.6. The van der Waals surface area contributed by atoms with Gasteiger partial charge < -0.3 is 19.7 Å². The van der Waals surface area contributed by atoms with E-state index in [0.29, 0.717) is 12.2 Å². The van der Waals surface area contributed by atoms with Gasteiger partial charge in [0.15, 0.2) is 0 Å². The van der Waals surface area contributed by atoms with E-state index in [9.17, 15) is 9.59 Å². The van der Waals surface area contributed by atoms with Gasteiger partial charge in [-0.1, -0.05) is 31.2 Å². The fraction of sp³-hybridized carbons (Fsp3) is 0.333. The second-order valence-electron chi connectivity index (χ2n) is 8.74. The molecule has 2 aromatic carbocycles. The van der Waals surface area contributed by atoms with Gasteiger partial charge in [-0.15, -0.1) is 0 Å². The summed E-state index contributed by atoms with van der Waals surface area (Å²) in [6.07, 6.45) is 0.937. The normalized spacial score (nSPS) is 14.3. The summed E-state index contributed by atoms with van der Waals surface area (Å²) in [4.78, 5) is 30.8. The minimum atomic E-state index is -0.385. The van der Waals surface area contributed by atoms with E-state index in [0.717, 1.165) is 43.9 Å². The number of rotatable bonds is 6. The van der Waals surface area contributed by atoms with Crippen LogP contribution >= 0.6 is 0 Å². The largest absolute Gasteiger partial charge is 0.369 e. The van der Waals surface area contributed by atoms with Crippen molar-refractivity contribution in [2.45, 2.75) is 26.8 Å². The van der Waals surface area contributed by atoms with E-state index in [4.69, 9.17) is 0 Å². The van der Waals surface area contributed by atoms with Crippen molar-refractivity contribution in [1.29, 1.82) is 0 Å². The monoisotopic (exact) mass is 444 g/mol. The van der Waals surface area contributed by atoms with Gasteiger partial charge in [-0.3, -0.25) is 9.59 Å². The molecule has 0 atom stereocenters. The summed E-state index contributed by atoms with van der Waals surface area (Å²) in [6.45, 7) is 8.49. The first-order chi connectivity index (χ1) is 15.9. The third-order valence-corrected chi connectivity index (χ3v) is 6.38. The zero-order chi connectivity index (χ0) is 23.4. The molecule has 1 aliphatic heterocycles. The maximum absolute atomic E-state index is 13.2. The summed E-state index contributed by atoms with van der Waals surface area (Å²) in [5, 5.41) is 2.85. The smallest absolute Gasteiger partial charge is 0.263 e. The maximum atomic E-state index is 13.2. The number of anilines is 2. The van der Waals surface area contributed by atoms with Gasteiger partial charge >= 0.3 is 0 Å². The van der Waals surface area contributed by atoms with Gasteiger partial charge in [0.25, 0.3) is 11.5 Å². The Morgan fingerprint density at radius 1 is 0.939 bits per heavy atom. The number of nitrogens with zero attached hydrogens (tertiary/aromatic N) is 3. The molecule has 1 aromatic heterocycles. The number of likely N-dealkylation sites (N-methyl/N-ethyl adjacent to an activating group) is 1. The maximum Gasteiger partial charge on any atom is 0.263 e. The van der Waals surface area contributed by atoms with Crippen molar-refractivity contribution in [3.8, 4) is 0 Å². The van der Waals surface area contributed by atoms with Crippen LogP contribution in [-0.4, -0.2) is 48.6 Å². The molecule has 0 aliphatic carbocycles. The molecule has 1 fully saturated rings. The summed E-state index contributed by atoms with van der Waals surface area (Å²) >= 11 is 0. The molecule has 4 rings (SSSR count). The van der Waals surface area contributed by atoms with Gasteiger partial charge in [0.2, 0.25) is 0 Å². The quantitative estimate of drug-likeness (QED) is 0.629. The van der Waals surface area contributed by atoms with Crippen LogP contribution in [0.1, 0.15) is 34.1 Å². The number of piperazine rings is 1. The Kier molecular flexibility index (Phi) is 6.94. The van der Waals surface area contributed by atoms with Gasteiger partial charge in [0, 0.05) is 43.2 Å². The molecule has 0 radical (unpaired) electrons. The standard InChI is InChI=1S/C27H32N4O2/c1-4-21-9-11-23(12-10-21)28-26(32)25-13-8-20(2)31(27(25)33)19-22-6-5-7-24(18-22)30-16-14-29(3)15-17-30/h5-13,18H,4,14-17,19H2,1-3H3,(H,28,32). The fourth-order valence-electron chi connectivity index (χ4n) is 4.16. The lowest BCUT2D eigenvalue weighted by Crippen LogP contribution is -2.44.